The number of halogens is 1. The van der Waals surface area contributed by atoms with Gasteiger partial charge in [0.05, 0.1) is 27.7 Å². The number of aliphatic hydroxyl groups is 1. The first-order valence-electron chi connectivity index (χ1n) is 2.47. The average molecular weight is 182 g/mol. The number of quaternary nitrogens is 1. The molecular weight excluding hydrogens is 166 g/mol. The zero-order valence-corrected chi connectivity index (χ0v) is 9.36. The summed E-state index contributed by atoms with van der Waals surface area (Å²) in [6, 6.07) is 0. The van der Waals surface area contributed by atoms with E-state index in [1.807, 2.05) is 0 Å². The molecular formula is C5H16CaClNO. The minimum absolute atomic E-state index is 0. The fraction of sp³-hybridized carbons (Fsp3) is 1.00. The molecule has 0 rings (SSSR count). The molecule has 0 aliphatic rings. The average Bonchev–Trinajstić information content (AvgIpc) is 1.30. The molecule has 2 nitrogen and oxygen atoms in total. The van der Waals surface area contributed by atoms with Crippen LogP contribution in [0.3, 0.4) is 0 Å². The Kier molecular flexibility index (Phi) is 14.2. The van der Waals surface area contributed by atoms with Crippen molar-refractivity contribution in [3.05, 3.63) is 0 Å². The van der Waals surface area contributed by atoms with Crippen LogP contribution in [-0.4, -0.2) is 81.6 Å². The zero-order chi connectivity index (χ0) is 5.91. The van der Waals surface area contributed by atoms with Crippen LogP contribution in [-0.2, 0) is 0 Å². The summed E-state index contributed by atoms with van der Waals surface area (Å²) in [5.41, 5.74) is 0. The van der Waals surface area contributed by atoms with Crippen LogP contribution in [0.1, 0.15) is 2.85 Å². The smallest absolute Gasteiger partial charge is 1.00 e. The van der Waals surface area contributed by atoms with Gasteiger partial charge in [-0.2, -0.15) is 0 Å². The fourth-order valence-electron chi connectivity index (χ4n) is 0.300. The van der Waals surface area contributed by atoms with E-state index in [1.165, 1.54) is 0 Å². The van der Waals surface area contributed by atoms with Gasteiger partial charge in [-0.15, -0.1) is 0 Å². The summed E-state index contributed by atoms with van der Waals surface area (Å²) >= 11 is 0. The quantitative estimate of drug-likeness (QED) is 0.347. The second kappa shape index (κ2) is 7.58. The third-order valence-electron chi connectivity index (χ3n) is 0.771. The first kappa shape index (κ1) is 16.8. The number of likely N-dealkylation sites (N-methyl/N-ethyl adjacent to an activating group) is 1. The number of hydrogen-bond acceptors (Lipinski definition) is 1. The summed E-state index contributed by atoms with van der Waals surface area (Å²) < 4.78 is 0.844. The van der Waals surface area contributed by atoms with Crippen molar-refractivity contribution < 1.29 is 24.8 Å². The Labute approximate surface area is 96.2 Å². The topological polar surface area (TPSA) is 20.2 Å². The Morgan fingerprint density at radius 3 is 1.67 bits per heavy atom. The minimum atomic E-state index is 0. The number of rotatable bonds is 2. The van der Waals surface area contributed by atoms with Gasteiger partial charge in [-0.25, -0.2) is 0 Å². The Morgan fingerprint density at radius 2 is 1.67 bits per heavy atom. The number of hydrogen-bond donors (Lipinski definition) is 1. The molecule has 0 amide bonds. The van der Waals surface area contributed by atoms with Gasteiger partial charge in [0.1, 0.15) is 6.54 Å². The van der Waals surface area contributed by atoms with Crippen molar-refractivity contribution in [2.24, 2.45) is 0 Å². The molecule has 0 heterocycles. The van der Waals surface area contributed by atoms with Gasteiger partial charge in [0.2, 0.25) is 0 Å². The molecule has 9 heavy (non-hydrogen) atoms. The van der Waals surface area contributed by atoms with Crippen LogP contribution in [0.4, 0.5) is 0 Å². The van der Waals surface area contributed by atoms with Gasteiger partial charge in [-0.05, 0) is 0 Å². The maximum Gasteiger partial charge on any atom is 2.00 e. The zero-order valence-electron chi connectivity index (χ0n) is 8.39. The summed E-state index contributed by atoms with van der Waals surface area (Å²) in [7, 11) is 6.16. The first-order valence-corrected chi connectivity index (χ1v) is 2.47. The van der Waals surface area contributed by atoms with E-state index in [0.717, 1.165) is 11.0 Å². The van der Waals surface area contributed by atoms with Crippen molar-refractivity contribution in [1.82, 2.24) is 0 Å². The Hall–Kier alpha value is 1.47. The second-order valence-electron chi connectivity index (χ2n) is 2.74. The maximum atomic E-state index is 8.39. The largest absolute Gasteiger partial charge is 2.00 e. The van der Waals surface area contributed by atoms with E-state index in [9.17, 15) is 0 Å². The molecule has 0 aromatic carbocycles. The van der Waals surface area contributed by atoms with Gasteiger partial charge in [-0.3, -0.25) is 0 Å². The van der Waals surface area contributed by atoms with Gasteiger partial charge >= 0.3 is 37.7 Å². The van der Waals surface area contributed by atoms with Crippen LogP contribution in [0.5, 0.6) is 0 Å². The first-order chi connectivity index (χ1) is 3.06. The minimum Gasteiger partial charge on any atom is -1.00 e. The molecule has 1 N–H and O–H groups in total. The molecule has 0 saturated heterocycles. The Bertz CT molecular complexity index is 62.9. The van der Waals surface area contributed by atoms with Crippen molar-refractivity contribution in [2.75, 3.05) is 34.3 Å². The van der Waals surface area contributed by atoms with Crippen LogP contribution in [0, 0.1) is 0 Å². The van der Waals surface area contributed by atoms with E-state index in [0.29, 0.717) is 0 Å². The van der Waals surface area contributed by atoms with E-state index >= 15 is 0 Å². The molecule has 56 valence electrons. The van der Waals surface area contributed by atoms with E-state index in [-0.39, 0.29) is 59.6 Å². The monoisotopic (exact) mass is 181 g/mol. The molecule has 4 heteroatoms. The summed E-state index contributed by atoms with van der Waals surface area (Å²) in [6.07, 6.45) is 0. The van der Waals surface area contributed by atoms with Crippen molar-refractivity contribution in [2.45, 2.75) is 0 Å². The molecule has 0 aliphatic heterocycles. The molecule has 0 unspecified atom stereocenters. The normalized spacial score (nSPS) is 9.33. The number of aliphatic hydroxyl groups excluding tert-OH is 1. The molecule has 0 bridgehead atoms. The van der Waals surface area contributed by atoms with Crippen LogP contribution in [0.2, 0.25) is 0 Å². The van der Waals surface area contributed by atoms with Crippen molar-refractivity contribution in [3.8, 4) is 0 Å². The van der Waals surface area contributed by atoms with Crippen molar-refractivity contribution in [3.63, 3.8) is 0 Å². The molecule has 0 atom stereocenters. The van der Waals surface area contributed by atoms with Gasteiger partial charge in [0.15, 0.2) is 0 Å². The molecule has 0 aromatic heterocycles. The van der Waals surface area contributed by atoms with Crippen LogP contribution >= 0.6 is 0 Å². The van der Waals surface area contributed by atoms with Crippen molar-refractivity contribution >= 4 is 37.7 Å². The Morgan fingerprint density at radius 1 is 1.33 bits per heavy atom. The molecule has 0 fully saturated rings. The Balaban J connectivity index is -0.0000000300. The van der Waals surface area contributed by atoms with Gasteiger partial charge in [-0.1, -0.05) is 0 Å². The van der Waals surface area contributed by atoms with E-state index in [4.69, 9.17) is 5.11 Å². The molecule has 0 saturated carbocycles. The molecule has 0 aromatic rings. The fourth-order valence-corrected chi connectivity index (χ4v) is 0.300. The predicted molar refractivity (Wildman–Crippen MR) is 38.0 cm³/mol. The third kappa shape index (κ3) is 17.7. The molecule has 0 radical (unpaired) electrons. The van der Waals surface area contributed by atoms with E-state index in [1.54, 1.807) is 0 Å². The van der Waals surface area contributed by atoms with Crippen LogP contribution in [0.15, 0.2) is 0 Å². The molecule has 0 spiro atoms. The van der Waals surface area contributed by atoms with Gasteiger partial charge in [0, 0.05) is 0 Å². The van der Waals surface area contributed by atoms with E-state index < -0.39 is 0 Å². The van der Waals surface area contributed by atoms with Gasteiger partial charge in [0.25, 0.3) is 0 Å². The SMILES string of the molecule is C[N+](C)(C)CCO.[Ca+2].[Cl-].[H-].[H-]. The summed E-state index contributed by atoms with van der Waals surface area (Å²) in [5, 5.41) is 8.39. The van der Waals surface area contributed by atoms with E-state index in [2.05, 4.69) is 21.1 Å². The predicted octanol–water partition coefficient (Wildman–Crippen LogP) is -3.47. The van der Waals surface area contributed by atoms with Crippen LogP contribution in [0.25, 0.3) is 0 Å². The van der Waals surface area contributed by atoms with Gasteiger partial charge < -0.3 is 24.8 Å². The number of nitrogens with zero attached hydrogens (tertiary/aromatic N) is 1. The summed E-state index contributed by atoms with van der Waals surface area (Å²) in [4.78, 5) is 0. The second-order valence-corrected chi connectivity index (χ2v) is 2.74. The standard InChI is InChI=1S/C5H14NO.Ca.ClH.2H/c1-6(2,3)4-5-7;;;;/h7H,4-5H2,1-3H3;;1H;;/q+1;+2;;2*-1/p-1. The maximum absolute atomic E-state index is 8.39. The summed E-state index contributed by atoms with van der Waals surface area (Å²) in [6.45, 7) is 1.11. The van der Waals surface area contributed by atoms with Crippen LogP contribution < -0.4 is 12.4 Å². The third-order valence-corrected chi connectivity index (χ3v) is 0.771. The molecule has 0 aliphatic carbocycles. The van der Waals surface area contributed by atoms with Crippen molar-refractivity contribution in [1.29, 1.82) is 0 Å². The summed E-state index contributed by atoms with van der Waals surface area (Å²) in [5.74, 6) is 0.